The second-order valence-corrected chi connectivity index (χ2v) is 5.94. The molecule has 0 fully saturated rings. The molecule has 24 heavy (non-hydrogen) atoms. The summed E-state index contributed by atoms with van der Waals surface area (Å²) in [6.07, 6.45) is 6.66. The largest absolute Gasteiger partial charge is 0.497 e. The van der Waals surface area contributed by atoms with Gasteiger partial charge in [-0.15, -0.1) is 0 Å². The molecule has 0 amide bonds. The third-order valence-corrected chi connectivity index (χ3v) is 4.15. The SMILES string of the molecule is COc1ccc2[nH]cc([C@H](/C=C/c3ccccc3)CC(C)=O)c2c1. The fourth-order valence-corrected chi connectivity index (χ4v) is 2.94. The molecule has 3 nitrogen and oxygen atoms in total. The van der Waals surface area contributed by atoms with Gasteiger partial charge >= 0.3 is 0 Å². The molecular weight excluding hydrogens is 298 g/mol. The van der Waals surface area contributed by atoms with E-state index in [2.05, 4.69) is 29.3 Å². The molecule has 1 aromatic heterocycles. The normalized spacial score (nSPS) is 12.6. The highest BCUT2D eigenvalue weighted by Crippen LogP contribution is 2.32. The van der Waals surface area contributed by atoms with E-state index in [4.69, 9.17) is 4.74 Å². The number of ether oxygens (including phenoxy) is 1. The third-order valence-electron chi connectivity index (χ3n) is 4.15. The van der Waals surface area contributed by atoms with Gasteiger partial charge in [0, 0.05) is 29.4 Å². The lowest BCUT2D eigenvalue weighted by Gasteiger charge is -2.11. The highest BCUT2D eigenvalue weighted by molar-refractivity contribution is 5.87. The quantitative estimate of drug-likeness (QED) is 0.698. The number of carbonyl (C=O) groups is 1. The van der Waals surface area contributed by atoms with Gasteiger partial charge in [0.1, 0.15) is 11.5 Å². The Morgan fingerprint density at radius 1 is 1.21 bits per heavy atom. The Labute approximate surface area is 142 Å². The van der Waals surface area contributed by atoms with Crippen molar-refractivity contribution in [2.45, 2.75) is 19.3 Å². The summed E-state index contributed by atoms with van der Waals surface area (Å²) in [6.45, 7) is 1.64. The third kappa shape index (κ3) is 3.57. The summed E-state index contributed by atoms with van der Waals surface area (Å²) >= 11 is 0. The van der Waals surface area contributed by atoms with E-state index in [1.165, 1.54) is 0 Å². The molecule has 0 aliphatic carbocycles. The van der Waals surface area contributed by atoms with Crippen LogP contribution in [0.2, 0.25) is 0 Å². The van der Waals surface area contributed by atoms with Crippen molar-refractivity contribution in [2.24, 2.45) is 0 Å². The molecule has 0 saturated carbocycles. The fourth-order valence-electron chi connectivity index (χ4n) is 2.94. The number of hydrogen-bond acceptors (Lipinski definition) is 2. The van der Waals surface area contributed by atoms with Gasteiger partial charge in [-0.1, -0.05) is 42.5 Å². The number of Topliss-reactive ketones (excluding diaryl/α,β-unsaturated/α-hetero) is 1. The Morgan fingerprint density at radius 3 is 2.71 bits per heavy atom. The number of aromatic nitrogens is 1. The molecule has 0 unspecified atom stereocenters. The number of rotatable bonds is 6. The van der Waals surface area contributed by atoms with Gasteiger partial charge in [0.25, 0.3) is 0 Å². The van der Waals surface area contributed by atoms with Crippen LogP contribution in [0.1, 0.15) is 30.4 Å². The monoisotopic (exact) mass is 319 g/mol. The van der Waals surface area contributed by atoms with E-state index >= 15 is 0 Å². The van der Waals surface area contributed by atoms with Gasteiger partial charge < -0.3 is 9.72 Å². The molecule has 122 valence electrons. The van der Waals surface area contributed by atoms with Crippen molar-refractivity contribution in [3.05, 3.63) is 71.9 Å². The number of ketones is 1. The smallest absolute Gasteiger partial charge is 0.130 e. The van der Waals surface area contributed by atoms with Crippen molar-refractivity contribution >= 4 is 22.8 Å². The second-order valence-electron chi connectivity index (χ2n) is 5.94. The second kappa shape index (κ2) is 7.18. The Morgan fingerprint density at radius 2 is 2.00 bits per heavy atom. The minimum Gasteiger partial charge on any atom is -0.497 e. The molecule has 3 rings (SSSR count). The molecule has 0 radical (unpaired) electrons. The molecule has 1 atom stereocenters. The maximum atomic E-state index is 11.8. The van der Waals surface area contributed by atoms with Gasteiger partial charge in [0.05, 0.1) is 7.11 Å². The summed E-state index contributed by atoms with van der Waals surface area (Å²) in [4.78, 5) is 15.0. The van der Waals surface area contributed by atoms with Crippen molar-refractivity contribution < 1.29 is 9.53 Å². The van der Waals surface area contributed by atoms with Crippen LogP contribution in [-0.4, -0.2) is 17.9 Å². The molecule has 0 aliphatic heterocycles. The minimum atomic E-state index is 0.0311. The first-order valence-corrected chi connectivity index (χ1v) is 8.05. The molecule has 0 saturated heterocycles. The zero-order valence-electron chi connectivity index (χ0n) is 14.0. The first-order chi connectivity index (χ1) is 11.7. The lowest BCUT2D eigenvalue weighted by molar-refractivity contribution is -0.117. The van der Waals surface area contributed by atoms with Crippen LogP contribution in [0.3, 0.4) is 0 Å². The van der Waals surface area contributed by atoms with E-state index in [-0.39, 0.29) is 11.7 Å². The Balaban J connectivity index is 1.99. The number of fused-ring (bicyclic) bond motifs is 1. The Bertz CT molecular complexity index is 862. The van der Waals surface area contributed by atoms with Crippen LogP contribution < -0.4 is 4.74 Å². The van der Waals surface area contributed by atoms with Crippen LogP contribution in [0.15, 0.2) is 60.8 Å². The first kappa shape index (κ1) is 16.1. The number of H-pyrrole nitrogens is 1. The van der Waals surface area contributed by atoms with Crippen LogP contribution in [0.4, 0.5) is 0 Å². The predicted molar refractivity (Wildman–Crippen MR) is 98.4 cm³/mol. The van der Waals surface area contributed by atoms with E-state index < -0.39 is 0 Å². The van der Waals surface area contributed by atoms with Crippen molar-refractivity contribution in [1.29, 1.82) is 0 Å². The van der Waals surface area contributed by atoms with Crippen molar-refractivity contribution in [3.8, 4) is 5.75 Å². The van der Waals surface area contributed by atoms with E-state index in [1.54, 1.807) is 14.0 Å². The molecule has 0 spiro atoms. The molecular formula is C21H21NO2. The highest BCUT2D eigenvalue weighted by Gasteiger charge is 2.16. The van der Waals surface area contributed by atoms with Gasteiger partial charge in [-0.05, 0) is 36.2 Å². The molecule has 3 heteroatoms. The Hall–Kier alpha value is -2.81. The number of carbonyl (C=O) groups excluding carboxylic acids is 1. The van der Waals surface area contributed by atoms with E-state index in [0.29, 0.717) is 6.42 Å². The van der Waals surface area contributed by atoms with Crippen LogP contribution in [0, 0.1) is 0 Å². The van der Waals surface area contributed by atoms with Gasteiger partial charge in [-0.25, -0.2) is 0 Å². The molecule has 3 aromatic rings. The number of nitrogens with one attached hydrogen (secondary N) is 1. The Kier molecular flexibility index (Phi) is 4.80. The van der Waals surface area contributed by atoms with Gasteiger partial charge in [0.2, 0.25) is 0 Å². The molecule has 0 aliphatic rings. The fraction of sp³-hybridized carbons (Fsp3) is 0.190. The van der Waals surface area contributed by atoms with Crippen molar-refractivity contribution in [1.82, 2.24) is 4.98 Å². The summed E-state index contributed by atoms with van der Waals surface area (Å²) in [7, 11) is 1.66. The summed E-state index contributed by atoms with van der Waals surface area (Å²) in [6, 6.07) is 16.1. The number of aromatic amines is 1. The van der Waals surface area contributed by atoms with E-state index in [0.717, 1.165) is 27.8 Å². The van der Waals surface area contributed by atoms with E-state index in [9.17, 15) is 4.79 Å². The lowest BCUT2D eigenvalue weighted by atomic mass is 9.92. The predicted octanol–water partition coefficient (Wildman–Crippen LogP) is 4.95. The molecule has 2 aromatic carbocycles. The zero-order chi connectivity index (χ0) is 16.9. The van der Waals surface area contributed by atoms with Gasteiger partial charge in [0.15, 0.2) is 0 Å². The average molecular weight is 319 g/mol. The number of allylic oxidation sites excluding steroid dienone is 1. The highest BCUT2D eigenvalue weighted by atomic mass is 16.5. The van der Waals surface area contributed by atoms with Crippen LogP contribution >= 0.6 is 0 Å². The zero-order valence-corrected chi connectivity index (χ0v) is 14.0. The van der Waals surface area contributed by atoms with Gasteiger partial charge in [-0.2, -0.15) is 0 Å². The number of hydrogen-bond donors (Lipinski definition) is 1. The summed E-state index contributed by atoms with van der Waals surface area (Å²) in [5.41, 5.74) is 3.29. The average Bonchev–Trinajstić information content (AvgIpc) is 3.02. The molecule has 1 N–H and O–H groups in total. The standard InChI is InChI=1S/C21H21NO2/c1-15(23)12-17(9-8-16-6-4-3-5-7-16)20-14-22-21-11-10-18(24-2)13-19(20)21/h3-11,13-14,17,22H,12H2,1-2H3/b9-8+/t17-/m1/s1. The topological polar surface area (TPSA) is 42.1 Å². The maximum Gasteiger partial charge on any atom is 0.130 e. The lowest BCUT2D eigenvalue weighted by Crippen LogP contribution is -2.01. The molecule has 1 heterocycles. The number of methoxy groups -OCH3 is 1. The maximum absolute atomic E-state index is 11.8. The number of benzene rings is 2. The summed E-state index contributed by atoms with van der Waals surface area (Å²) in [5, 5.41) is 1.10. The van der Waals surface area contributed by atoms with E-state index in [1.807, 2.05) is 42.6 Å². The van der Waals surface area contributed by atoms with Crippen molar-refractivity contribution in [3.63, 3.8) is 0 Å². The van der Waals surface area contributed by atoms with Crippen LogP contribution in [-0.2, 0) is 4.79 Å². The first-order valence-electron chi connectivity index (χ1n) is 8.05. The van der Waals surface area contributed by atoms with Gasteiger partial charge in [-0.3, -0.25) is 4.79 Å². The van der Waals surface area contributed by atoms with Crippen LogP contribution in [0.25, 0.3) is 17.0 Å². The molecule has 0 bridgehead atoms. The minimum absolute atomic E-state index is 0.0311. The summed E-state index contributed by atoms with van der Waals surface area (Å²) < 4.78 is 5.34. The van der Waals surface area contributed by atoms with Crippen LogP contribution in [0.5, 0.6) is 5.75 Å². The summed E-state index contributed by atoms with van der Waals surface area (Å²) in [5.74, 6) is 1.02. The van der Waals surface area contributed by atoms with Crippen molar-refractivity contribution in [2.75, 3.05) is 7.11 Å².